The molecule has 0 fully saturated rings. The zero-order valence-corrected chi connectivity index (χ0v) is 7.75. The fraction of sp³-hybridized carbons (Fsp3) is 0. The van der Waals surface area contributed by atoms with Crippen molar-refractivity contribution in [2.24, 2.45) is 10.8 Å². The zero-order chi connectivity index (χ0) is 12.1. The number of nitro groups is 1. The van der Waals surface area contributed by atoms with Gasteiger partial charge in [-0.2, -0.15) is 5.10 Å². The van der Waals surface area contributed by atoms with Gasteiger partial charge in [-0.3, -0.25) is 19.7 Å². The number of hydrogen-bond acceptors (Lipinski definition) is 6. The molecule has 0 saturated carbocycles. The Morgan fingerprint density at radius 1 is 1.56 bits per heavy atom. The maximum absolute atomic E-state index is 10.6. The van der Waals surface area contributed by atoms with Gasteiger partial charge in [0.15, 0.2) is 5.76 Å². The molecule has 0 spiro atoms. The summed E-state index contributed by atoms with van der Waals surface area (Å²) >= 11 is 0. The van der Waals surface area contributed by atoms with Crippen LogP contribution < -0.4 is 11.2 Å². The number of rotatable bonds is 3. The molecule has 0 aliphatic rings. The fourth-order valence-corrected chi connectivity index (χ4v) is 0.719. The molecule has 1 aromatic heterocycles. The molecule has 16 heavy (non-hydrogen) atoms. The fourth-order valence-electron chi connectivity index (χ4n) is 0.719. The van der Waals surface area contributed by atoms with Gasteiger partial charge >= 0.3 is 17.7 Å². The van der Waals surface area contributed by atoms with Crippen LogP contribution >= 0.6 is 0 Å². The molecule has 0 saturated heterocycles. The third-order valence-corrected chi connectivity index (χ3v) is 1.37. The highest BCUT2D eigenvalue weighted by atomic mass is 16.6. The van der Waals surface area contributed by atoms with Crippen molar-refractivity contribution in [2.75, 3.05) is 0 Å². The van der Waals surface area contributed by atoms with Crippen LogP contribution in [0.25, 0.3) is 0 Å². The number of amides is 2. The summed E-state index contributed by atoms with van der Waals surface area (Å²) in [6.45, 7) is 0. The third kappa shape index (κ3) is 2.90. The summed E-state index contributed by atoms with van der Waals surface area (Å²) in [7, 11) is 0. The number of hydrazone groups is 1. The average molecular weight is 226 g/mol. The molecule has 3 N–H and O–H groups in total. The number of carbonyl (C=O) groups is 2. The molecule has 0 aliphatic carbocycles. The molecule has 0 unspecified atom stereocenters. The first-order valence-electron chi connectivity index (χ1n) is 3.88. The number of carbonyl (C=O) groups excluding carboxylic acids is 2. The maximum atomic E-state index is 10.6. The maximum Gasteiger partial charge on any atom is 0.433 e. The van der Waals surface area contributed by atoms with Crippen molar-refractivity contribution >= 4 is 23.9 Å². The number of nitrogens with zero attached hydrogens (tertiary/aromatic N) is 2. The van der Waals surface area contributed by atoms with Crippen LogP contribution in [0, 0.1) is 10.1 Å². The summed E-state index contributed by atoms with van der Waals surface area (Å²) in [6, 6.07) is 2.40. The normalized spacial score (nSPS) is 10.2. The van der Waals surface area contributed by atoms with Crippen molar-refractivity contribution in [3.63, 3.8) is 0 Å². The predicted molar refractivity (Wildman–Crippen MR) is 50.3 cm³/mol. The topological polar surface area (TPSA) is 141 Å². The number of nitrogens with two attached hydrogens (primary N) is 1. The summed E-state index contributed by atoms with van der Waals surface area (Å²) in [5.74, 6) is -2.70. The molecule has 84 valence electrons. The van der Waals surface area contributed by atoms with E-state index in [2.05, 4.69) is 15.3 Å². The highest BCUT2D eigenvalue weighted by molar-refractivity contribution is 6.34. The molecule has 9 heteroatoms. The monoisotopic (exact) mass is 226 g/mol. The Bertz CT molecular complexity index is 463. The first kappa shape index (κ1) is 11.4. The average Bonchev–Trinajstić information content (AvgIpc) is 2.66. The Hall–Kier alpha value is -2.71. The van der Waals surface area contributed by atoms with Gasteiger partial charge in [0, 0.05) is 0 Å². The van der Waals surface area contributed by atoms with Crippen LogP contribution in [0.15, 0.2) is 21.7 Å². The van der Waals surface area contributed by atoms with Crippen molar-refractivity contribution in [3.8, 4) is 0 Å². The van der Waals surface area contributed by atoms with E-state index in [0.29, 0.717) is 0 Å². The van der Waals surface area contributed by atoms with E-state index < -0.39 is 22.6 Å². The van der Waals surface area contributed by atoms with E-state index in [-0.39, 0.29) is 5.76 Å². The van der Waals surface area contributed by atoms with Crippen LogP contribution in [0.5, 0.6) is 0 Å². The van der Waals surface area contributed by atoms with Gasteiger partial charge in [-0.1, -0.05) is 0 Å². The van der Waals surface area contributed by atoms with E-state index in [1.807, 2.05) is 0 Å². The quantitative estimate of drug-likeness (QED) is 0.298. The van der Waals surface area contributed by atoms with Crippen molar-refractivity contribution in [1.82, 2.24) is 5.43 Å². The predicted octanol–water partition coefficient (Wildman–Crippen LogP) is -0.877. The number of furan rings is 1. The van der Waals surface area contributed by atoms with Crippen molar-refractivity contribution < 1.29 is 18.9 Å². The lowest BCUT2D eigenvalue weighted by Crippen LogP contribution is -2.32. The van der Waals surface area contributed by atoms with Gasteiger partial charge in [-0.25, -0.2) is 5.43 Å². The molecular weight excluding hydrogens is 220 g/mol. The van der Waals surface area contributed by atoms with E-state index >= 15 is 0 Å². The molecular formula is C7H6N4O5. The van der Waals surface area contributed by atoms with Gasteiger partial charge < -0.3 is 10.2 Å². The Morgan fingerprint density at radius 2 is 2.25 bits per heavy atom. The smallest absolute Gasteiger partial charge is 0.400 e. The molecule has 0 atom stereocenters. The van der Waals surface area contributed by atoms with E-state index in [9.17, 15) is 19.7 Å². The number of hydrogen-bond donors (Lipinski definition) is 2. The molecule has 9 nitrogen and oxygen atoms in total. The summed E-state index contributed by atoms with van der Waals surface area (Å²) in [5.41, 5.74) is 6.42. The lowest BCUT2D eigenvalue weighted by atomic mass is 10.5. The van der Waals surface area contributed by atoms with Gasteiger partial charge in [-0.05, 0) is 6.07 Å². The van der Waals surface area contributed by atoms with E-state index in [1.165, 1.54) is 6.07 Å². The molecule has 0 aromatic carbocycles. The highest BCUT2D eigenvalue weighted by Gasteiger charge is 2.10. The second kappa shape index (κ2) is 4.68. The molecule has 1 heterocycles. The van der Waals surface area contributed by atoms with Crippen molar-refractivity contribution in [3.05, 3.63) is 28.0 Å². The lowest BCUT2D eigenvalue weighted by Gasteiger charge is -1.91. The minimum atomic E-state index is -1.19. The molecule has 0 radical (unpaired) electrons. The minimum Gasteiger partial charge on any atom is -0.400 e. The zero-order valence-electron chi connectivity index (χ0n) is 7.75. The summed E-state index contributed by atoms with van der Waals surface area (Å²) in [4.78, 5) is 30.4. The Labute approximate surface area is 88.1 Å². The largest absolute Gasteiger partial charge is 0.433 e. The Balaban J connectivity index is 2.60. The van der Waals surface area contributed by atoms with Crippen LogP contribution in [0.4, 0.5) is 5.88 Å². The van der Waals surface area contributed by atoms with Crippen LogP contribution in [0.3, 0.4) is 0 Å². The van der Waals surface area contributed by atoms with Crippen LogP contribution in [-0.4, -0.2) is 23.0 Å². The van der Waals surface area contributed by atoms with Crippen molar-refractivity contribution in [2.45, 2.75) is 0 Å². The molecule has 0 aliphatic heterocycles. The summed E-state index contributed by atoms with van der Waals surface area (Å²) in [6.07, 6.45) is 0.994. The van der Waals surface area contributed by atoms with Crippen molar-refractivity contribution in [1.29, 1.82) is 0 Å². The van der Waals surface area contributed by atoms with Crippen LogP contribution in [0.1, 0.15) is 5.76 Å². The van der Waals surface area contributed by atoms with Gasteiger partial charge in [0.2, 0.25) is 0 Å². The van der Waals surface area contributed by atoms with Gasteiger partial charge in [0.1, 0.15) is 4.92 Å². The van der Waals surface area contributed by atoms with Crippen LogP contribution in [0.2, 0.25) is 0 Å². The molecule has 2 amide bonds. The van der Waals surface area contributed by atoms with Gasteiger partial charge in [0.05, 0.1) is 12.3 Å². The Morgan fingerprint density at radius 3 is 2.75 bits per heavy atom. The number of primary amides is 1. The Kier molecular flexibility index (Phi) is 3.33. The lowest BCUT2D eigenvalue weighted by molar-refractivity contribution is -0.402. The molecule has 0 bridgehead atoms. The second-order valence-electron chi connectivity index (χ2n) is 2.50. The van der Waals surface area contributed by atoms with E-state index in [0.717, 1.165) is 12.3 Å². The summed E-state index contributed by atoms with van der Waals surface area (Å²) in [5, 5.41) is 13.5. The first-order chi connectivity index (χ1) is 7.50. The molecule has 1 rings (SSSR count). The minimum absolute atomic E-state index is 0.0523. The SMILES string of the molecule is NC(=O)C(=O)N/N=C\c1ccc([N+](=O)[O-])o1. The van der Waals surface area contributed by atoms with E-state index in [1.54, 1.807) is 5.43 Å². The first-order valence-corrected chi connectivity index (χ1v) is 3.88. The van der Waals surface area contributed by atoms with Crippen LogP contribution in [-0.2, 0) is 9.59 Å². The second-order valence-corrected chi connectivity index (χ2v) is 2.50. The number of nitrogens with one attached hydrogen (secondary N) is 1. The highest BCUT2D eigenvalue weighted by Crippen LogP contribution is 2.13. The van der Waals surface area contributed by atoms with Gasteiger partial charge in [-0.15, -0.1) is 0 Å². The summed E-state index contributed by atoms with van der Waals surface area (Å²) < 4.78 is 4.67. The van der Waals surface area contributed by atoms with E-state index in [4.69, 9.17) is 0 Å². The third-order valence-electron chi connectivity index (χ3n) is 1.37. The standard InChI is InChI=1S/C7H6N4O5/c8-6(12)7(13)10-9-3-4-1-2-5(16-4)11(14)15/h1-3H,(H2,8,12)(H,10,13)/b9-3-. The molecule has 1 aromatic rings. The van der Waals surface area contributed by atoms with Gasteiger partial charge in [0.25, 0.3) is 0 Å².